The van der Waals surface area contributed by atoms with Crippen molar-refractivity contribution >= 4 is 10.8 Å². The molecule has 1 aromatic carbocycles. The number of benzene rings is 1. The molecule has 0 aliphatic carbocycles. The maximum Gasteiger partial charge on any atom is 0.176 e. The quantitative estimate of drug-likeness (QED) is 0.581. The molecule has 0 radical (unpaired) electrons. The summed E-state index contributed by atoms with van der Waals surface area (Å²) in [5.74, 6) is 0. The summed E-state index contributed by atoms with van der Waals surface area (Å²) in [5, 5.41) is 2.64. The van der Waals surface area contributed by atoms with Gasteiger partial charge in [-0.15, -0.1) is 0 Å². The maximum atomic E-state index is 2.26. The van der Waals surface area contributed by atoms with Gasteiger partial charge in [-0.1, -0.05) is 19.1 Å². The van der Waals surface area contributed by atoms with Gasteiger partial charge in [-0.3, -0.25) is 0 Å². The van der Waals surface area contributed by atoms with E-state index in [4.69, 9.17) is 0 Å². The lowest BCUT2D eigenvalue weighted by Gasteiger charge is -1.98. The third-order valence-electron chi connectivity index (χ3n) is 2.39. The number of fused-ring (bicyclic) bond motifs is 1. The monoisotopic (exact) mass is 172 g/mol. The highest BCUT2D eigenvalue weighted by Crippen LogP contribution is 2.13. The van der Waals surface area contributed by atoms with Crippen LogP contribution in [0.4, 0.5) is 0 Å². The Bertz CT molecular complexity index is 432. The molecule has 0 N–H and O–H groups in total. The summed E-state index contributed by atoms with van der Waals surface area (Å²) in [7, 11) is 2.05. The molecule has 0 spiro atoms. The first-order chi connectivity index (χ1) is 6.29. The Labute approximate surface area is 78.6 Å². The number of pyridine rings is 1. The first-order valence-electron chi connectivity index (χ1n) is 4.67. The SMILES string of the molecule is CCc1ccc2cc[n+](C)cc2c1. The first kappa shape index (κ1) is 8.24. The molecular formula is C12H14N+. The number of rotatable bonds is 1. The Morgan fingerprint density at radius 2 is 2.00 bits per heavy atom. The zero-order valence-corrected chi connectivity index (χ0v) is 8.12. The molecule has 1 heteroatoms. The molecule has 0 saturated heterocycles. The number of aromatic nitrogens is 1. The minimum absolute atomic E-state index is 1.11. The van der Waals surface area contributed by atoms with Crippen molar-refractivity contribution in [3.8, 4) is 0 Å². The Kier molecular flexibility index (Phi) is 2.01. The minimum atomic E-state index is 1.11. The van der Waals surface area contributed by atoms with E-state index in [1.807, 2.05) is 0 Å². The number of hydrogen-bond donors (Lipinski definition) is 0. The second-order valence-corrected chi connectivity index (χ2v) is 3.43. The van der Waals surface area contributed by atoms with Gasteiger partial charge in [0.1, 0.15) is 7.05 Å². The van der Waals surface area contributed by atoms with Crippen molar-refractivity contribution in [3.63, 3.8) is 0 Å². The van der Waals surface area contributed by atoms with Gasteiger partial charge in [0.15, 0.2) is 12.4 Å². The van der Waals surface area contributed by atoms with Gasteiger partial charge in [-0.05, 0) is 23.4 Å². The standard InChI is InChI=1S/C12H14N/c1-3-10-4-5-11-6-7-13(2)9-12(11)8-10/h4-9H,3H2,1-2H3/q+1. The van der Waals surface area contributed by atoms with E-state index in [2.05, 4.69) is 55.2 Å². The van der Waals surface area contributed by atoms with Gasteiger partial charge in [0, 0.05) is 11.5 Å². The molecule has 2 aromatic rings. The Morgan fingerprint density at radius 3 is 2.77 bits per heavy atom. The van der Waals surface area contributed by atoms with Gasteiger partial charge < -0.3 is 0 Å². The van der Waals surface area contributed by atoms with E-state index in [1.54, 1.807) is 0 Å². The van der Waals surface area contributed by atoms with E-state index in [-0.39, 0.29) is 0 Å². The van der Waals surface area contributed by atoms with Gasteiger partial charge in [-0.2, -0.15) is 0 Å². The Hall–Kier alpha value is -1.37. The molecule has 0 aliphatic rings. The van der Waals surface area contributed by atoms with Crippen LogP contribution in [0.1, 0.15) is 12.5 Å². The first-order valence-corrected chi connectivity index (χ1v) is 4.67. The second kappa shape index (κ2) is 3.17. The van der Waals surface area contributed by atoms with E-state index < -0.39 is 0 Å². The zero-order valence-electron chi connectivity index (χ0n) is 8.12. The van der Waals surface area contributed by atoms with Crippen LogP contribution < -0.4 is 4.57 Å². The van der Waals surface area contributed by atoms with Crippen LogP contribution in [0.5, 0.6) is 0 Å². The van der Waals surface area contributed by atoms with Crippen LogP contribution in [0.2, 0.25) is 0 Å². The Morgan fingerprint density at radius 1 is 1.15 bits per heavy atom. The van der Waals surface area contributed by atoms with Crippen LogP contribution in [0.25, 0.3) is 10.8 Å². The lowest BCUT2D eigenvalue weighted by atomic mass is 10.1. The van der Waals surface area contributed by atoms with Crippen LogP contribution in [-0.4, -0.2) is 0 Å². The Balaban J connectivity index is 2.68. The van der Waals surface area contributed by atoms with Crippen LogP contribution in [0, 0.1) is 0 Å². The molecule has 1 aromatic heterocycles. The molecule has 0 atom stereocenters. The molecule has 0 unspecified atom stereocenters. The molecule has 2 rings (SSSR count). The normalized spacial score (nSPS) is 10.6. The summed E-state index contributed by atoms with van der Waals surface area (Å²) in [6, 6.07) is 8.79. The van der Waals surface area contributed by atoms with Gasteiger partial charge in [0.05, 0.1) is 0 Å². The van der Waals surface area contributed by atoms with Crippen molar-refractivity contribution in [1.82, 2.24) is 0 Å². The van der Waals surface area contributed by atoms with E-state index in [0.29, 0.717) is 0 Å². The zero-order chi connectivity index (χ0) is 9.26. The van der Waals surface area contributed by atoms with Gasteiger partial charge in [0.2, 0.25) is 0 Å². The van der Waals surface area contributed by atoms with E-state index in [1.165, 1.54) is 16.3 Å². The number of nitrogens with zero attached hydrogens (tertiary/aromatic N) is 1. The minimum Gasteiger partial charge on any atom is -0.207 e. The fraction of sp³-hybridized carbons (Fsp3) is 0.250. The number of aryl methyl sites for hydroxylation is 2. The molecule has 0 saturated carbocycles. The molecule has 1 nitrogen and oxygen atoms in total. The molecule has 0 aliphatic heterocycles. The molecule has 66 valence electrons. The van der Waals surface area contributed by atoms with E-state index >= 15 is 0 Å². The van der Waals surface area contributed by atoms with Crippen molar-refractivity contribution in [2.45, 2.75) is 13.3 Å². The third kappa shape index (κ3) is 1.55. The summed E-state index contributed by atoms with van der Waals surface area (Å²) in [4.78, 5) is 0. The summed E-state index contributed by atoms with van der Waals surface area (Å²) in [6.45, 7) is 2.18. The van der Waals surface area contributed by atoms with E-state index in [0.717, 1.165) is 6.42 Å². The topological polar surface area (TPSA) is 3.88 Å². The van der Waals surface area contributed by atoms with Gasteiger partial charge >= 0.3 is 0 Å². The fourth-order valence-electron chi connectivity index (χ4n) is 1.57. The van der Waals surface area contributed by atoms with Crippen molar-refractivity contribution in [2.24, 2.45) is 7.05 Å². The van der Waals surface area contributed by atoms with Crippen molar-refractivity contribution in [3.05, 3.63) is 42.2 Å². The van der Waals surface area contributed by atoms with Gasteiger partial charge in [-0.25, -0.2) is 4.57 Å². The van der Waals surface area contributed by atoms with Crippen LogP contribution in [-0.2, 0) is 13.5 Å². The van der Waals surface area contributed by atoms with Crippen molar-refractivity contribution in [1.29, 1.82) is 0 Å². The van der Waals surface area contributed by atoms with Gasteiger partial charge in [0.25, 0.3) is 0 Å². The van der Waals surface area contributed by atoms with Crippen LogP contribution in [0.3, 0.4) is 0 Å². The maximum absolute atomic E-state index is 2.26. The summed E-state index contributed by atoms with van der Waals surface area (Å²) < 4.78 is 2.09. The molecule has 1 heterocycles. The molecular weight excluding hydrogens is 158 g/mol. The lowest BCUT2D eigenvalue weighted by Crippen LogP contribution is -2.25. The largest absolute Gasteiger partial charge is 0.207 e. The highest BCUT2D eigenvalue weighted by atomic mass is 14.9. The van der Waals surface area contributed by atoms with Crippen LogP contribution >= 0.6 is 0 Å². The fourth-order valence-corrected chi connectivity index (χ4v) is 1.57. The molecule has 13 heavy (non-hydrogen) atoms. The smallest absolute Gasteiger partial charge is 0.176 e. The predicted octanol–water partition coefficient (Wildman–Crippen LogP) is 2.23. The number of hydrogen-bond acceptors (Lipinski definition) is 0. The molecule has 0 amide bonds. The summed E-state index contributed by atoms with van der Waals surface area (Å²) >= 11 is 0. The van der Waals surface area contributed by atoms with Crippen LogP contribution in [0.15, 0.2) is 36.7 Å². The average Bonchev–Trinajstić information content (AvgIpc) is 2.16. The highest BCUT2D eigenvalue weighted by Gasteiger charge is 1.98. The average molecular weight is 172 g/mol. The summed E-state index contributed by atoms with van der Waals surface area (Å²) in [6.07, 6.45) is 5.34. The second-order valence-electron chi connectivity index (χ2n) is 3.43. The van der Waals surface area contributed by atoms with Crippen molar-refractivity contribution in [2.75, 3.05) is 0 Å². The lowest BCUT2D eigenvalue weighted by molar-refractivity contribution is -0.670. The molecule has 0 bridgehead atoms. The van der Waals surface area contributed by atoms with Crippen molar-refractivity contribution < 1.29 is 4.57 Å². The highest BCUT2D eigenvalue weighted by molar-refractivity contribution is 5.81. The third-order valence-corrected chi connectivity index (χ3v) is 2.39. The predicted molar refractivity (Wildman–Crippen MR) is 54.5 cm³/mol. The summed E-state index contributed by atoms with van der Waals surface area (Å²) in [5.41, 5.74) is 1.40. The van der Waals surface area contributed by atoms with E-state index in [9.17, 15) is 0 Å². The molecule has 0 fully saturated rings.